The maximum Gasteiger partial charge on any atom is 0.124 e. The lowest BCUT2D eigenvalue weighted by atomic mass is 10.0. The van der Waals surface area contributed by atoms with E-state index in [9.17, 15) is 10.2 Å². The largest absolute Gasteiger partial charge is 0.496 e. The predicted octanol–water partition coefficient (Wildman–Crippen LogP) is 1.64. The zero-order chi connectivity index (χ0) is 14.4. The van der Waals surface area contributed by atoms with Gasteiger partial charge >= 0.3 is 0 Å². The summed E-state index contributed by atoms with van der Waals surface area (Å²) in [5, 5.41) is 22.7. The molecule has 0 saturated carbocycles. The molecule has 0 bridgehead atoms. The minimum atomic E-state index is -0.650. The highest BCUT2D eigenvalue weighted by Crippen LogP contribution is 2.26. The van der Waals surface area contributed by atoms with Gasteiger partial charge in [0.25, 0.3) is 0 Å². The van der Waals surface area contributed by atoms with Crippen molar-refractivity contribution in [1.29, 1.82) is 0 Å². The highest BCUT2D eigenvalue weighted by Gasteiger charge is 2.17. The van der Waals surface area contributed by atoms with Crippen molar-refractivity contribution in [3.8, 4) is 5.75 Å². The van der Waals surface area contributed by atoms with Crippen LogP contribution in [-0.2, 0) is 0 Å². The highest BCUT2D eigenvalue weighted by atomic mass is 16.5. The third-order valence-corrected chi connectivity index (χ3v) is 3.32. The predicted molar refractivity (Wildman–Crippen MR) is 76.4 cm³/mol. The monoisotopic (exact) mass is 267 g/mol. The molecular weight excluding hydrogens is 242 g/mol. The molecule has 0 aromatic heterocycles. The molecule has 108 valence electrons. The molecule has 0 aliphatic carbocycles. The van der Waals surface area contributed by atoms with Crippen molar-refractivity contribution < 1.29 is 14.9 Å². The quantitative estimate of drug-likeness (QED) is 0.703. The summed E-state index contributed by atoms with van der Waals surface area (Å²) >= 11 is 0. The van der Waals surface area contributed by atoms with Crippen LogP contribution in [0.5, 0.6) is 5.75 Å². The van der Waals surface area contributed by atoms with Gasteiger partial charge in [0.1, 0.15) is 5.75 Å². The summed E-state index contributed by atoms with van der Waals surface area (Å²) in [4.78, 5) is 0. The highest BCUT2D eigenvalue weighted by molar-refractivity contribution is 5.38. The first kappa shape index (κ1) is 16.0. The van der Waals surface area contributed by atoms with E-state index in [1.54, 1.807) is 7.11 Å². The maximum atomic E-state index is 10.3. The summed E-state index contributed by atoms with van der Waals surface area (Å²) in [7, 11) is 1.60. The average Bonchev–Trinajstić information content (AvgIpc) is 2.38. The van der Waals surface area contributed by atoms with Crippen LogP contribution in [0.4, 0.5) is 0 Å². The van der Waals surface area contributed by atoms with Crippen LogP contribution in [-0.4, -0.2) is 36.5 Å². The smallest absolute Gasteiger partial charge is 0.124 e. The molecule has 1 rings (SSSR count). The SMILES string of the molecule is COc1ccc(C)cc1C(O)CN[C@H](CO)C(C)C. The number of benzene rings is 1. The first-order valence-corrected chi connectivity index (χ1v) is 6.66. The molecule has 1 aromatic rings. The minimum absolute atomic E-state index is 0.00884. The minimum Gasteiger partial charge on any atom is -0.496 e. The van der Waals surface area contributed by atoms with E-state index in [-0.39, 0.29) is 12.6 Å². The van der Waals surface area contributed by atoms with Crippen LogP contribution in [0.1, 0.15) is 31.1 Å². The Morgan fingerprint density at radius 3 is 2.53 bits per heavy atom. The topological polar surface area (TPSA) is 61.7 Å². The molecule has 2 atom stereocenters. The summed E-state index contributed by atoms with van der Waals surface area (Å²) in [6.45, 7) is 6.51. The van der Waals surface area contributed by atoms with Crippen molar-refractivity contribution in [2.75, 3.05) is 20.3 Å². The van der Waals surface area contributed by atoms with Gasteiger partial charge in [-0.05, 0) is 25.0 Å². The lowest BCUT2D eigenvalue weighted by Gasteiger charge is -2.23. The molecule has 0 spiro atoms. The fourth-order valence-electron chi connectivity index (χ4n) is 2.00. The zero-order valence-electron chi connectivity index (χ0n) is 12.2. The standard InChI is InChI=1S/C15H25NO3/c1-10(2)13(9-17)16-8-14(18)12-7-11(3)5-6-15(12)19-4/h5-7,10,13-14,16-18H,8-9H2,1-4H3/t13-,14?/m1/s1. The third kappa shape index (κ3) is 4.49. The van der Waals surface area contributed by atoms with Gasteiger partial charge in [0.05, 0.1) is 19.8 Å². The number of aryl methyl sites for hydroxylation is 1. The number of aliphatic hydroxyl groups is 2. The van der Waals surface area contributed by atoms with Crippen molar-refractivity contribution >= 4 is 0 Å². The van der Waals surface area contributed by atoms with E-state index in [0.29, 0.717) is 18.2 Å². The number of methoxy groups -OCH3 is 1. The molecule has 0 aliphatic rings. The fourth-order valence-corrected chi connectivity index (χ4v) is 2.00. The Morgan fingerprint density at radius 1 is 1.32 bits per heavy atom. The van der Waals surface area contributed by atoms with E-state index in [4.69, 9.17) is 4.74 Å². The Bertz CT molecular complexity index is 393. The molecule has 0 amide bonds. The Balaban J connectivity index is 2.72. The van der Waals surface area contributed by atoms with Crippen molar-refractivity contribution in [2.24, 2.45) is 5.92 Å². The van der Waals surface area contributed by atoms with Crippen molar-refractivity contribution in [3.05, 3.63) is 29.3 Å². The summed E-state index contributed by atoms with van der Waals surface area (Å²) < 4.78 is 5.26. The summed E-state index contributed by atoms with van der Waals surface area (Å²) in [5.41, 5.74) is 1.85. The lowest BCUT2D eigenvalue weighted by molar-refractivity contribution is 0.146. The molecule has 4 nitrogen and oxygen atoms in total. The van der Waals surface area contributed by atoms with E-state index in [1.807, 2.05) is 39.0 Å². The van der Waals surface area contributed by atoms with Gasteiger partial charge in [-0.25, -0.2) is 0 Å². The number of hydrogen-bond acceptors (Lipinski definition) is 4. The summed E-state index contributed by atoms with van der Waals surface area (Å²) in [6.07, 6.45) is -0.650. The Morgan fingerprint density at radius 2 is 2.00 bits per heavy atom. The fraction of sp³-hybridized carbons (Fsp3) is 0.600. The molecule has 0 radical (unpaired) electrons. The maximum absolute atomic E-state index is 10.3. The van der Waals surface area contributed by atoms with Crippen LogP contribution in [0.25, 0.3) is 0 Å². The normalized spacial score (nSPS) is 14.5. The van der Waals surface area contributed by atoms with Gasteiger partial charge < -0.3 is 20.3 Å². The number of aliphatic hydroxyl groups excluding tert-OH is 2. The second-order valence-electron chi connectivity index (χ2n) is 5.20. The van der Waals surface area contributed by atoms with Crippen LogP contribution in [0.15, 0.2) is 18.2 Å². The molecule has 19 heavy (non-hydrogen) atoms. The van der Waals surface area contributed by atoms with Gasteiger partial charge in [0.2, 0.25) is 0 Å². The third-order valence-electron chi connectivity index (χ3n) is 3.32. The van der Waals surface area contributed by atoms with Crippen molar-refractivity contribution in [3.63, 3.8) is 0 Å². The Labute approximate surface area is 115 Å². The van der Waals surface area contributed by atoms with Crippen LogP contribution < -0.4 is 10.1 Å². The molecule has 3 N–H and O–H groups in total. The molecule has 0 heterocycles. The Kier molecular flexibility index (Phi) is 6.28. The van der Waals surface area contributed by atoms with Crippen molar-refractivity contribution in [2.45, 2.75) is 32.9 Å². The molecular formula is C15H25NO3. The first-order chi connectivity index (χ1) is 8.99. The van der Waals surface area contributed by atoms with Crippen LogP contribution in [0.3, 0.4) is 0 Å². The number of hydrogen-bond donors (Lipinski definition) is 3. The molecule has 1 unspecified atom stereocenters. The van der Waals surface area contributed by atoms with Crippen LogP contribution in [0, 0.1) is 12.8 Å². The second kappa shape index (κ2) is 7.48. The van der Waals surface area contributed by atoms with Gasteiger partial charge in [-0.3, -0.25) is 0 Å². The molecule has 4 heteroatoms. The number of nitrogens with one attached hydrogen (secondary N) is 1. The van der Waals surface area contributed by atoms with Crippen molar-refractivity contribution in [1.82, 2.24) is 5.32 Å². The van der Waals surface area contributed by atoms with Crippen LogP contribution >= 0.6 is 0 Å². The van der Waals surface area contributed by atoms with E-state index < -0.39 is 6.10 Å². The van der Waals surface area contributed by atoms with Gasteiger partial charge in [-0.1, -0.05) is 25.5 Å². The Hall–Kier alpha value is -1.10. The van der Waals surface area contributed by atoms with E-state index >= 15 is 0 Å². The number of rotatable bonds is 7. The second-order valence-corrected chi connectivity index (χ2v) is 5.20. The van der Waals surface area contributed by atoms with E-state index in [2.05, 4.69) is 5.32 Å². The van der Waals surface area contributed by atoms with Gasteiger partial charge in [0, 0.05) is 18.2 Å². The molecule has 0 aliphatic heterocycles. The first-order valence-electron chi connectivity index (χ1n) is 6.66. The van der Waals surface area contributed by atoms with Crippen LogP contribution in [0.2, 0.25) is 0 Å². The van der Waals surface area contributed by atoms with E-state index in [0.717, 1.165) is 11.1 Å². The summed E-state index contributed by atoms with van der Waals surface area (Å²) in [6, 6.07) is 5.73. The average molecular weight is 267 g/mol. The molecule has 0 saturated heterocycles. The summed E-state index contributed by atoms with van der Waals surface area (Å²) in [5.74, 6) is 1.00. The lowest BCUT2D eigenvalue weighted by Crippen LogP contribution is -2.39. The zero-order valence-corrected chi connectivity index (χ0v) is 12.2. The molecule has 1 aromatic carbocycles. The van der Waals surface area contributed by atoms with Gasteiger partial charge in [-0.2, -0.15) is 0 Å². The van der Waals surface area contributed by atoms with E-state index in [1.165, 1.54) is 0 Å². The molecule has 0 fully saturated rings. The van der Waals surface area contributed by atoms with Gasteiger partial charge in [0.15, 0.2) is 0 Å². The number of ether oxygens (including phenoxy) is 1. The van der Waals surface area contributed by atoms with Gasteiger partial charge in [-0.15, -0.1) is 0 Å².